The summed E-state index contributed by atoms with van der Waals surface area (Å²) in [6.07, 6.45) is 7.79. The summed E-state index contributed by atoms with van der Waals surface area (Å²) in [6.45, 7) is 0. The average Bonchev–Trinajstić information content (AvgIpc) is 4.30. The number of fused-ring (bicyclic) bond motifs is 8. The predicted octanol–water partition coefficient (Wildman–Crippen LogP) is 10.9. The fourth-order valence-electron chi connectivity index (χ4n) is 9.17. The van der Waals surface area contributed by atoms with Gasteiger partial charge >= 0.3 is 17.1 Å². The van der Waals surface area contributed by atoms with Gasteiger partial charge in [0, 0.05) is 0 Å². The number of benzene rings is 4. The van der Waals surface area contributed by atoms with Crippen LogP contribution in [0.25, 0.3) is 90.9 Å². The Hall–Kier alpha value is -9.00. The molecule has 9 rings (SSSR count). The van der Waals surface area contributed by atoms with E-state index in [-0.39, 0.29) is 17.1 Å². The summed E-state index contributed by atoms with van der Waals surface area (Å²) in [6, 6.07) is 22.8. The van der Waals surface area contributed by atoms with E-state index < -0.39 is 0 Å². The van der Waals surface area contributed by atoms with E-state index in [1.165, 1.54) is 0 Å². The van der Waals surface area contributed by atoms with Crippen LogP contribution in [0.4, 0.5) is 0 Å². The van der Waals surface area contributed by atoms with Crippen molar-refractivity contribution in [2.45, 2.75) is 0 Å². The summed E-state index contributed by atoms with van der Waals surface area (Å²) in [5.41, 5.74) is 10.1. The number of hydrogen-bond donors (Lipinski definition) is 0. The van der Waals surface area contributed by atoms with Gasteiger partial charge in [0.2, 0.25) is 23.0 Å². The molecule has 7 aromatic rings. The Morgan fingerprint density at radius 2 is 0.513 bits per heavy atom. The topological polar surface area (TPSA) is 217 Å². The van der Waals surface area contributed by atoms with Crippen LogP contribution in [0.15, 0.2) is 78.1 Å². The Morgan fingerprint density at radius 3 is 0.658 bits per heavy atom. The van der Waals surface area contributed by atoms with Gasteiger partial charge in [0.15, 0.2) is 46.0 Å². The van der Waals surface area contributed by atoms with Crippen LogP contribution in [-0.4, -0.2) is 95.3 Å². The third-order valence-electron chi connectivity index (χ3n) is 12.4. The maximum Gasteiger partial charge on any atom is 2.00 e. The molecule has 394 valence electrons. The zero-order valence-corrected chi connectivity index (χ0v) is 44.6. The van der Waals surface area contributed by atoms with Crippen LogP contribution in [0.3, 0.4) is 0 Å². The number of rotatable bonds is 16. The molecule has 76 heavy (non-hydrogen) atoms. The molecule has 2 aliphatic heterocycles. The van der Waals surface area contributed by atoms with E-state index in [0.717, 1.165) is 5.34 Å². The van der Waals surface area contributed by atoms with Crippen molar-refractivity contribution < 1.29 is 73.9 Å². The van der Waals surface area contributed by atoms with E-state index in [2.05, 4.69) is 0 Å². The smallest absolute Gasteiger partial charge is 0.657 e. The molecule has 4 aromatic carbocycles. The minimum Gasteiger partial charge on any atom is -0.657 e. The Labute approximate surface area is 448 Å². The van der Waals surface area contributed by atoms with Gasteiger partial charge in [0.1, 0.15) is 0 Å². The SMILES string of the molecule is COc1cc(-c2c3nc(c(-c4cc(OC)c(OC)c(OC)c4)c4ccc([n-]4)c(-c4cc(OC)c(OC)c(OC)c4)c4nc(c(-c5cc(OC)c(OC)c(OC)c5)c5ccc2[n-]5)C=C4)C=C3)cc(OC)c1OC.O=N[O-].[Fe+2]. The van der Waals surface area contributed by atoms with Crippen LogP contribution < -0.4 is 66.8 Å². The van der Waals surface area contributed by atoms with Gasteiger partial charge in [0.05, 0.1) is 108 Å². The largest absolute Gasteiger partial charge is 2.00 e. The Bertz CT molecular complexity index is 3010. The molecular weight excluding hydrogens is 1020 g/mol. The first kappa shape index (κ1) is 54.8. The van der Waals surface area contributed by atoms with Gasteiger partial charge in [-0.15, -0.1) is 27.4 Å². The molecule has 0 saturated carbocycles. The maximum absolute atomic E-state index is 8.00. The summed E-state index contributed by atoms with van der Waals surface area (Å²) in [7, 11) is 18.9. The zero-order valence-electron chi connectivity index (χ0n) is 43.5. The van der Waals surface area contributed by atoms with Gasteiger partial charge in [-0.1, -0.05) is 24.3 Å². The van der Waals surface area contributed by atoms with Crippen molar-refractivity contribution in [2.75, 3.05) is 85.3 Å². The second-order valence-corrected chi connectivity index (χ2v) is 16.1. The van der Waals surface area contributed by atoms with Gasteiger partial charge in [-0.2, -0.15) is 0 Å². The summed E-state index contributed by atoms with van der Waals surface area (Å²) in [5.74, 6) is 5.28. The van der Waals surface area contributed by atoms with Gasteiger partial charge in [-0.05, 0) is 117 Å². The number of hydrogen-bond acceptors (Lipinski definition) is 17. The molecule has 0 spiro atoms. The molecule has 2 aliphatic rings. The third-order valence-corrected chi connectivity index (χ3v) is 12.4. The fourth-order valence-corrected chi connectivity index (χ4v) is 9.17. The number of nitrogens with zero attached hydrogens (tertiary/aromatic N) is 5. The maximum atomic E-state index is 8.00. The molecule has 19 nitrogen and oxygen atoms in total. The summed E-state index contributed by atoms with van der Waals surface area (Å²) in [5, 5.41) is 9.00. The summed E-state index contributed by atoms with van der Waals surface area (Å²) >= 11 is 0. The van der Waals surface area contributed by atoms with Crippen LogP contribution in [-0.2, 0) is 17.1 Å². The summed E-state index contributed by atoms with van der Waals surface area (Å²) in [4.78, 5) is 29.7. The van der Waals surface area contributed by atoms with E-state index in [1.54, 1.807) is 85.3 Å². The van der Waals surface area contributed by atoms with Crippen LogP contribution in [0.5, 0.6) is 69.0 Å². The van der Waals surface area contributed by atoms with Gasteiger partial charge in [0.25, 0.3) is 0 Å². The molecule has 20 heteroatoms. The van der Waals surface area contributed by atoms with Crippen LogP contribution in [0, 0.1) is 10.1 Å². The molecule has 0 radical (unpaired) electrons. The van der Waals surface area contributed by atoms with Crippen LogP contribution in [0.2, 0.25) is 0 Å². The first-order chi connectivity index (χ1) is 36.5. The molecule has 0 saturated heterocycles. The molecule has 0 fully saturated rings. The van der Waals surface area contributed by atoms with E-state index in [9.17, 15) is 0 Å². The molecule has 0 amide bonds. The van der Waals surface area contributed by atoms with Gasteiger partial charge in [-0.3, -0.25) is 0 Å². The predicted molar refractivity (Wildman–Crippen MR) is 286 cm³/mol. The van der Waals surface area contributed by atoms with Crippen molar-refractivity contribution in [1.82, 2.24) is 19.9 Å². The minimum atomic E-state index is 0. The monoisotopic (exact) mass is 1070 g/mol. The molecule has 0 atom stereocenters. The Kier molecular flexibility index (Phi) is 17.2. The second kappa shape index (κ2) is 23.9. The van der Waals surface area contributed by atoms with E-state index in [1.807, 2.05) is 97.1 Å². The molecule has 0 unspecified atom stereocenters. The first-order valence-electron chi connectivity index (χ1n) is 22.8. The molecule has 0 aliphatic carbocycles. The van der Waals surface area contributed by atoms with Crippen molar-refractivity contribution in [3.05, 3.63) is 106 Å². The van der Waals surface area contributed by atoms with Gasteiger partial charge in [-0.25, -0.2) is 9.97 Å². The zero-order chi connectivity index (χ0) is 53.5. The van der Waals surface area contributed by atoms with Crippen molar-refractivity contribution in [3.63, 3.8) is 0 Å². The molecular formula is C56H52FeN5O14-. The van der Waals surface area contributed by atoms with E-state index in [4.69, 9.17) is 86.9 Å². The number of ether oxygens (including phenoxy) is 12. The fraction of sp³-hybridized carbons (Fsp3) is 0.214. The van der Waals surface area contributed by atoms with Crippen LogP contribution in [0.1, 0.15) is 22.8 Å². The molecule has 5 heterocycles. The normalized spacial score (nSPS) is 11.1. The Morgan fingerprint density at radius 1 is 0.342 bits per heavy atom. The number of methoxy groups -OCH3 is 12. The molecule has 3 aromatic heterocycles. The quantitative estimate of drug-likeness (QED) is 0.0499. The van der Waals surface area contributed by atoms with Crippen LogP contribution >= 0.6 is 0 Å². The average molecular weight is 1070 g/mol. The molecule has 0 N–H and O–H groups in total. The van der Waals surface area contributed by atoms with E-state index in [0.29, 0.717) is 158 Å². The standard InChI is InChI=1S/C56H52N4O12.Fe.HNO2/c1-61-41-21-29(22-42(62-2)53(41)69-9)49-33-13-15-35(57-33)50(30-23-43(63-3)54(70-10)44(24-30)64-4)37-17-19-39(59-37)52(32-27-47(67-7)56(72-12)48(28-32)68-8)40-20-18-38(60-40)51(36-16-14-34(49)58-36)31-25-45(65-5)55(71-11)46(26-31)66-6;;2-1-3/h13-28H,1-12H3;;(H,2,3)/q-2;+2;/p-1. The third kappa shape index (κ3) is 10.0. The second-order valence-electron chi connectivity index (χ2n) is 16.1. The van der Waals surface area contributed by atoms with Gasteiger partial charge < -0.3 is 76.9 Å². The van der Waals surface area contributed by atoms with Crippen molar-refractivity contribution in [2.24, 2.45) is 5.34 Å². The Balaban J connectivity index is 0.00000205. The van der Waals surface area contributed by atoms with Crippen molar-refractivity contribution in [3.8, 4) is 114 Å². The minimum absolute atomic E-state index is 0. The van der Waals surface area contributed by atoms with Crippen molar-refractivity contribution in [1.29, 1.82) is 0 Å². The summed E-state index contributed by atoms with van der Waals surface area (Å²) < 4.78 is 70.1. The van der Waals surface area contributed by atoms with E-state index >= 15 is 0 Å². The number of aromatic nitrogens is 4. The first-order valence-corrected chi connectivity index (χ1v) is 22.8. The van der Waals surface area contributed by atoms with Crippen molar-refractivity contribution >= 4 is 46.4 Å². The molecule has 8 bridgehead atoms.